The Morgan fingerprint density at radius 3 is 2.68 bits per heavy atom. The number of para-hydroxylation sites is 1. The summed E-state index contributed by atoms with van der Waals surface area (Å²) in [5.74, 6) is 0.751. The Kier molecular flexibility index (Phi) is 6.70. The van der Waals surface area contributed by atoms with Gasteiger partial charge in [-0.1, -0.05) is 25.5 Å². The van der Waals surface area contributed by atoms with Gasteiger partial charge in [-0.15, -0.1) is 12.4 Å². The second kappa shape index (κ2) is 9.22. The molecule has 0 bridgehead atoms. The SMILES string of the molecule is CCCCn1c(-c2ccc(NC3CCNC3)cc2)nc2ccccc2c1=O.Cl. The van der Waals surface area contributed by atoms with E-state index < -0.39 is 0 Å². The van der Waals surface area contributed by atoms with Crippen molar-refractivity contribution < 1.29 is 0 Å². The van der Waals surface area contributed by atoms with E-state index in [0.717, 1.165) is 54.9 Å². The van der Waals surface area contributed by atoms with Crippen LogP contribution in [0.2, 0.25) is 0 Å². The molecule has 1 aromatic heterocycles. The van der Waals surface area contributed by atoms with Crippen LogP contribution in [-0.2, 0) is 6.54 Å². The van der Waals surface area contributed by atoms with E-state index in [-0.39, 0.29) is 18.0 Å². The summed E-state index contributed by atoms with van der Waals surface area (Å²) in [5, 5.41) is 7.61. The first kappa shape index (κ1) is 20.4. The fourth-order valence-electron chi connectivity index (χ4n) is 3.64. The number of rotatable bonds is 6. The zero-order chi connectivity index (χ0) is 18.6. The van der Waals surface area contributed by atoms with Gasteiger partial charge in [0.1, 0.15) is 5.82 Å². The molecule has 6 heteroatoms. The third kappa shape index (κ3) is 4.21. The number of anilines is 1. The van der Waals surface area contributed by atoms with E-state index in [4.69, 9.17) is 4.98 Å². The summed E-state index contributed by atoms with van der Waals surface area (Å²) in [4.78, 5) is 17.9. The predicted molar refractivity (Wildman–Crippen MR) is 118 cm³/mol. The van der Waals surface area contributed by atoms with E-state index in [0.29, 0.717) is 18.0 Å². The molecule has 0 amide bonds. The molecule has 1 fully saturated rings. The monoisotopic (exact) mass is 398 g/mol. The Balaban J connectivity index is 0.00000225. The van der Waals surface area contributed by atoms with Gasteiger partial charge in [0.15, 0.2) is 0 Å². The summed E-state index contributed by atoms with van der Waals surface area (Å²) in [5.41, 5.74) is 2.88. The van der Waals surface area contributed by atoms with E-state index in [9.17, 15) is 4.79 Å². The van der Waals surface area contributed by atoms with Crippen LogP contribution in [0.25, 0.3) is 22.3 Å². The van der Waals surface area contributed by atoms with E-state index in [1.165, 1.54) is 0 Å². The van der Waals surface area contributed by atoms with Crippen LogP contribution in [-0.4, -0.2) is 28.7 Å². The molecule has 0 radical (unpaired) electrons. The quantitative estimate of drug-likeness (QED) is 0.657. The fourth-order valence-corrected chi connectivity index (χ4v) is 3.64. The lowest BCUT2D eigenvalue weighted by Crippen LogP contribution is -2.23. The van der Waals surface area contributed by atoms with Crippen molar-refractivity contribution in [1.29, 1.82) is 0 Å². The Labute approximate surface area is 171 Å². The number of unbranched alkanes of at least 4 members (excludes halogenated alkanes) is 1. The standard InChI is InChI=1S/C22H26N4O.ClH/c1-2-3-14-26-21(25-20-7-5-4-6-19(20)22(26)27)16-8-10-17(11-9-16)24-18-12-13-23-15-18;/h4-11,18,23-24H,2-3,12-15H2,1H3;1H. The van der Waals surface area contributed by atoms with Gasteiger partial charge >= 0.3 is 0 Å². The molecule has 2 heterocycles. The number of benzene rings is 2. The lowest BCUT2D eigenvalue weighted by atomic mass is 10.1. The highest BCUT2D eigenvalue weighted by Crippen LogP contribution is 2.22. The number of nitrogens with zero attached hydrogens (tertiary/aromatic N) is 2. The number of hydrogen-bond donors (Lipinski definition) is 2. The van der Waals surface area contributed by atoms with Crippen molar-refractivity contribution in [2.75, 3.05) is 18.4 Å². The second-order valence-corrected chi connectivity index (χ2v) is 7.17. The minimum absolute atomic E-state index is 0. The van der Waals surface area contributed by atoms with Crippen LogP contribution in [0.15, 0.2) is 53.3 Å². The zero-order valence-electron chi connectivity index (χ0n) is 16.1. The number of hydrogen-bond acceptors (Lipinski definition) is 4. The highest BCUT2D eigenvalue weighted by atomic mass is 35.5. The molecule has 148 valence electrons. The van der Waals surface area contributed by atoms with Gasteiger partial charge in [-0.25, -0.2) is 4.98 Å². The Bertz CT molecular complexity index is 978. The molecule has 0 aliphatic carbocycles. The lowest BCUT2D eigenvalue weighted by molar-refractivity contribution is 0.615. The fraction of sp³-hybridized carbons (Fsp3) is 0.364. The Morgan fingerprint density at radius 1 is 1.18 bits per heavy atom. The zero-order valence-corrected chi connectivity index (χ0v) is 17.0. The van der Waals surface area contributed by atoms with Gasteiger partial charge in [0.2, 0.25) is 0 Å². The third-order valence-corrected chi connectivity index (χ3v) is 5.17. The van der Waals surface area contributed by atoms with Crippen molar-refractivity contribution in [3.05, 3.63) is 58.9 Å². The minimum Gasteiger partial charge on any atom is -0.381 e. The van der Waals surface area contributed by atoms with Crippen molar-refractivity contribution >= 4 is 29.0 Å². The summed E-state index contributed by atoms with van der Waals surface area (Å²) in [6, 6.07) is 16.4. The average Bonchev–Trinajstić information content (AvgIpc) is 3.21. The minimum atomic E-state index is 0. The highest BCUT2D eigenvalue weighted by Gasteiger charge is 2.15. The summed E-state index contributed by atoms with van der Waals surface area (Å²) < 4.78 is 1.83. The normalized spacial score (nSPS) is 16.1. The van der Waals surface area contributed by atoms with E-state index >= 15 is 0 Å². The molecule has 1 aliphatic rings. The predicted octanol–water partition coefficient (Wildman–Crippen LogP) is 4.06. The molecule has 1 unspecified atom stereocenters. The molecular formula is C22H27ClN4O. The third-order valence-electron chi connectivity index (χ3n) is 5.17. The molecule has 5 nitrogen and oxygen atoms in total. The first-order valence-corrected chi connectivity index (χ1v) is 9.83. The maximum Gasteiger partial charge on any atom is 0.261 e. The smallest absolute Gasteiger partial charge is 0.261 e. The first-order valence-electron chi connectivity index (χ1n) is 9.83. The first-order chi connectivity index (χ1) is 13.3. The second-order valence-electron chi connectivity index (χ2n) is 7.17. The average molecular weight is 399 g/mol. The molecule has 2 aromatic carbocycles. The van der Waals surface area contributed by atoms with Crippen molar-refractivity contribution in [2.24, 2.45) is 0 Å². The molecule has 3 aromatic rings. The molecule has 0 spiro atoms. The van der Waals surface area contributed by atoms with Crippen molar-refractivity contribution in [1.82, 2.24) is 14.9 Å². The summed E-state index contributed by atoms with van der Waals surface area (Å²) in [7, 11) is 0. The summed E-state index contributed by atoms with van der Waals surface area (Å²) in [6.45, 7) is 4.90. The molecule has 2 N–H and O–H groups in total. The van der Waals surface area contributed by atoms with Gasteiger partial charge in [0, 0.05) is 30.4 Å². The van der Waals surface area contributed by atoms with Crippen LogP contribution in [0.1, 0.15) is 26.2 Å². The summed E-state index contributed by atoms with van der Waals surface area (Å²) in [6.07, 6.45) is 3.14. The topological polar surface area (TPSA) is 59.0 Å². The Morgan fingerprint density at radius 2 is 1.96 bits per heavy atom. The van der Waals surface area contributed by atoms with Gasteiger partial charge < -0.3 is 10.6 Å². The number of nitrogens with one attached hydrogen (secondary N) is 2. The van der Waals surface area contributed by atoms with Crippen molar-refractivity contribution in [2.45, 2.75) is 38.8 Å². The number of aromatic nitrogens is 2. The van der Waals surface area contributed by atoms with Crippen LogP contribution < -0.4 is 16.2 Å². The lowest BCUT2D eigenvalue weighted by Gasteiger charge is -2.15. The van der Waals surface area contributed by atoms with Crippen molar-refractivity contribution in [3.8, 4) is 11.4 Å². The van der Waals surface area contributed by atoms with Crippen LogP contribution in [0.3, 0.4) is 0 Å². The van der Waals surface area contributed by atoms with Gasteiger partial charge in [-0.2, -0.15) is 0 Å². The van der Waals surface area contributed by atoms with E-state index in [1.807, 2.05) is 28.8 Å². The highest BCUT2D eigenvalue weighted by molar-refractivity contribution is 5.85. The largest absolute Gasteiger partial charge is 0.381 e. The Hall–Kier alpha value is -2.37. The number of fused-ring (bicyclic) bond motifs is 1. The van der Waals surface area contributed by atoms with Gasteiger partial charge in [-0.05, 0) is 55.8 Å². The van der Waals surface area contributed by atoms with Crippen LogP contribution in [0.5, 0.6) is 0 Å². The van der Waals surface area contributed by atoms with Gasteiger partial charge in [0.05, 0.1) is 10.9 Å². The maximum absolute atomic E-state index is 13.0. The number of halogens is 1. The molecule has 1 saturated heterocycles. The molecule has 4 rings (SSSR count). The van der Waals surface area contributed by atoms with Crippen molar-refractivity contribution in [3.63, 3.8) is 0 Å². The summed E-state index contributed by atoms with van der Waals surface area (Å²) >= 11 is 0. The molecule has 1 atom stereocenters. The van der Waals surface area contributed by atoms with E-state index in [1.54, 1.807) is 0 Å². The van der Waals surface area contributed by atoms with Crippen LogP contribution in [0, 0.1) is 0 Å². The van der Waals surface area contributed by atoms with Gasteiger partial charge in [-0.3, -0.25) is 9.36 Å². The van der Waals surface area contributed by atoms with E-state index in [2.05, 4.69) is 41.8 Å². The molecular weight excluding hydrogens is 372 g/mol. The van der Waals surface area contributed by atoms with Gasteiger partial charge in [0.25, 0.3) is 5.56 Å². The van der Waals surface area contributed by atoms with Crippen LogP contribution >= 0.6 is 12.4 Å². The molecule has 28 heavy (non-hydrogen) atoms. The maximum atomic E-state index is 13.0. The molecule has 1 aliphatic heterocycles. The molecule has 0 saturated carbocycles. The van der Waals surface area contributed by atoms with Crippen LogP contribution in [0.4, 0.5) is 5.69 Å².